The van der Waals surface area contributed by atoms with Gasteiger partial charge in [-0.05, 0) is 26.0 Å². The fourth-order valence-corrected chi connectivity index (χ4v) is 3.55. The highest BCUT2D eigenvalue weighted by atomic mass is 32.1. The van der Waals surface area contributed by atoms with E-state index < -0.39 is 11.8 Å². The molecule has 3 rings (SSSR count). The van der Waals surface area contributed by atoms with Crippen molar-refractivity contribution in [3.05, 3.63) is 57.4 Å². The quantitative estimate of drug-likeness (QED) is 0.644. The highest BCUT2D eigenvalue weighted by Gasteiger charge is 2.15. The van der Waals surface area contributed by atoms with Crippen molar-refractivity contribution in [3.63, 3.8) is 0 Å². The van der Waals surface area contributed by atoms with E-state index in [0.29, 0.717) is 0 Å². The van der Waals surface area contributed by atoms with Crippen molar-refractivity contribution in [1.82, 2.24) is 24.5 Å². The first-order chi connectivity index (χ1) is 12.9. The molecular formula is C17H20F2N6OS. The average Bonchev–Trinajstić information content (AvgIpc) is 3.34. The van der Waals surface area contributed by atoms with E-state index in [4.69, 9.17) is 5.73 Å². The first-order valence-electron chi connectivity index (χ1n) is 8.39. The van der Waals surface area contributed by atoms with Crippen LogP contribution in [0.3, 0.4) is 0 Å². The van der Waals surface area contributed by atoms with Gasteiger partial charge in [0.25, 0.3) is 6.08 Å². The summed E-state index contributed by atoms with van der Waals surface area (Å²) >= 11 is 1.52. The van der Waals surface area contributed by atoms with Crippen molar-refractivity contribution in [2.75, 3.05) is 6.54 Å². The van der Waals surface area contributed by atoms with Crippen LogP contribution < -0.4 is 11.4 Å². The van der Waals surface area contributed by atoms with Crippen LogP contribution in [0.15, 0.2) is 41.0 Å². The molecule has 0 fully saturated rings. The molecule has 3 N–H and O–H groups in total. The topological polar surface area (TPSA) is 94.5 Å². The first-order valence-corrected chi connectivity index (χ1v) is 9.21. The third-order valence-electron chi connectivity index (χ3n) is 4.11. The maximum Gasteiger partial charge on any atom is 0.343 e. The molecule has 3 aromatic heterocycles. The molecule has 0 spiro atoms. The van der Waals surface area contributed by atoms with Gasteiger partial charge in [-0.15, -0.1) is 11.3 Å². The Balaban J connectivity index is 1.82. The normalized spacial score (nSPS) is 11.3. The smallest absolute Gasteiger partial charge is 0.327 e. The lowest BCUT2D eigenvalue weighted by atomic mass is 10.2. The highest BCUT2D eigenvalue weighted by Crippen LogP contribution is 2.29. The standard InChI is InChI=1S/C17H20F2N6OS/c1-10(2)25-8-12(7-21-25)14-4-3-13(27-14)9-24-15(22-23-17(24)26)5-11(6-20)16(18)19/h3-4,7-8,10H,5-6,9,20H2,1-2H3,(H,23,26). The van der Waals surface area contributed by atoms with Crippen molar-refractivity contribution in [2.45, 2.75) is 32.9 Å². The molecule has 27 heavy (non-hydrogen) atoms. The van der Waals surface area contributed by atoms with Crippen molar-refractivity contribution >= 4 is 11.3 Å². The molecular weight excluding hydrogens is 374 g/mol. The van der Waals surface area contributed by atoms with Gasteiger partial charge in [0.15, 0.2) is 0 Å². The Kier molecular flexibility index (Phi) is 5.66. The van der Waals surface area contributed by atoms with E-state index >= 15 is 0 Å². The number of nitrogens with zero attached hydrogens (tertiary/aromatic N) is 4. The van der Waals surface area contributed by atoms with Gasteiger partial charge in [0.2, 0.25) is 0 Å². The van der Waals surface area contributed by atoms with Crippen LogP contribution in [0.4, 0.5) is 8.78 Å². The molecule has 0 amide bonds. The van der Waals surface area contributed by atoms with Gasteiger partial charge in [-0.1, -0.05) is 0 Å². The van der Waals surface area contributed by atoms with E-state index in [1.807, 2.05) is 36.9 Å². The van der Waals surface area contributed by atoms with E-state index in [-0.39, 0.29) is 36.9 Å². The number of halogens is 2. The first kappa shape index (κ1) is 19.2. The Hall–Kier alpha value is -2.59. The molecule has 0 aliphatic carbocycles. The lowest BCUT2D eigenvalue weighted by molar-refractivity contribution is 0.407. The Labute approximate surface area is 158 Å². The molecule has 3 aromatic rings. The van der Waals surface area contributed by atoms with Crippen LogP contribution >= 0.6 is 11.3 Å². The van der Waals surface area contributed by atoms with Crippen LogP contribution in [0, 0.1) is 0 Å². The molecule has 0 aliphatic rings. The average molecular weight is 394 g/mol. The van der Waals surface area contributed by atoms with Gasteiger partial charge in [0, 0.05) is 46.1 Å². The molecule has 0 saturated heterocycles. The van der Waals surface area contributed by atoms with Crippen LogP contribution in [-0.2, 0) is 13.0 Å². The zero-order valence-electron chi connectivity index (χ0n) is 14.9. The van der Waals surface area contributed by atoms with Crippen LogP contribution in [0.1, 0.15) is 30.6 Å². The van der Waals surface area contributed by atoms with Crippen molar-refractivity contribution in [2.24, 2.45) is 5.73 Å². The summed E-state index contributed by atoms with van der Waals surface area (Å²) in [4.78, 5) is 14.0. The third kappa shape index (κ3) is 4.22. The lowest BCUT2D eigenvalue weighted by Gasteiger charge is -2.05. The van der Waals surface area contributed by atoms with Gasteiger partial charge < -0.3 is 5.73 Å². The minimum absolute atomic E-state index is 0.170. The fourth-order valence-electron chi connectivity index (χ4n) is 2.58. The van der Waals surface area contributed by atoms with Gasteiger partial charge >= 0.3 is 5.69 Å². The lowest BCUT2D eigenvalue weighted by Crippen LogP contribution is -2.20. The molecule has 144 valence electrons. The van der Waals surface area contributed by atoms with Crippen LogP contribution in [0.5, 0.6) is 0 Å². The molecule has 10 heteroatoms. The number of thiophene rings is 1. The Morgan fingerprint density at radius 1 is 1.37 bits per heavy atom. The largest absolute Gasteiger partial charge is 0.343 e. The number of H-pyrrole nitrogens is 1. The summed E-state index contributed by atoms with van der Waals surface area (Å²) in [6, 6.07) is 4.13. The van der Waals surface area contributed by atoms with E-state index in [9.17, 15) is 13.6 Å². The third-order valence-corrected chi connectivity index (χ3v) is 5.23. The Morgan fingerprint density at radius 2 is 2.15 bits per heavy atom. The van der Waals surface area contributed by atoms with Crippen LogP contribution in [0.25, 0.3) is 10.4 Å². The maximum atomic E-state index is 12.9. The van der Waals surface area contributed by atoms with Gasteiger partial charge in [0.05, 0.1) is 12.7 Å². The second-order valence-corrected chi connectivity index (χ2v) is 7.51. The molecule has 0 aliphatic heterocycles. The molecule has 0 saturated carbocycles. The summed E-state index contributed by atoms with van der Waals surface area (Å²) in [6.45, 7) is 4.06. The molecule has 0 aromatic carbocycles. The van der Waals surface area contributed by atoms with Gasteiger partial charge in [-0.3, -0.25) is 9.25 Å². The van der Waals surface area contributed by atoms with Crippen molar-refractivity contribution < 1.29 is 8.78 Å². The summed E-state index contributed by atoms with van der Waals surface area (Å²) in [5.41, 5.74) is 5.67. The number of rotatable bonds is 7. The Bertz CT molecular complexity index is 1010. The zero-order chi connectivity index (χ0) is 19.6. The Morgan fingerprint density at radius 3 is 2.78 bits per heavy atom. The number of nitrogens with two attached hydrogens (primary N) is 1. The van der Waals surface area contributed by atoms with Gasteiger partial charge in [-0.25, -0.2) is 9.89 Å². The van der Waals surface area contributed by atoms with E-state index in [0.717, 1.165) is 15.3 Å². The van der Waals surface area contributed by atoms with Crippen LogP contribution in [0.2, 0.25) is 0 Å². The van der Waals surface area contributed by atoms with Crippen molar-refractivity contribution in [3.8, 4) is 10.4 Å². The number of aromatic nitrogens is 5. The highest BCUT2D eigenvalue weighted by molar-refractivity contribution is 7.15. The minimum atomic E-state index is -1.83. The zero-order valence-corrected chi connectivity index (χ0v) is 15.8. The predicted octanol–water partition coefficient (Wildman–Crippen LogP) is 2.78. The summed E-state index contributed by atoms with van der Waals surface area (Å²) in [7, 11) is 0. The van der Waals surface area contributed by atoms with Gasteiger partial charge in [0.1, 0.15) is 5.82 Å². The summed E-state index contributed by atoms with van der Waals surface area (Å²) in [5.74, 6) is 0.232. The van der Waals surface area contributed by atoms with Crippen molar-refractivity contribution in [1.29, 1.82) is 0 Å². The number of hydrogen-bond donors (Lipinski definition) is 2. The van der Waals surface area contributed by atoms with E-state index in [1.54, 1.807) is 6.20 Å². The van der Waals surface area contributed by atoms with Crippen LogP contribution in [-0.4, -0.2) is 31.1 Å². The van der Waals surface area contributed by atoms with E-state index in [2.05, 4.69) is 15.3 Å². The number of aromatic amines is 1. The minimum Gasteiger partial charge on any atom is -0.327 e. The number of hydrogen-bond acceptors (Lipinski definition) is 5. The second kappa shape index (κ2) is 7.97. The summed E-state index contributed by atoms with van der Waals surface area (Å²) in [6.07, 6.45) is 1.77. The van der Waals surface area contributed by atoms with Gasteiger partial charge in [-0.2, -0.15) is 19.0 Å². The number of nitrogens with one attached hydrogen (secondary N) is 1. The SMILES string of the molecule is CC(C)n1cc(-c2ccc(Cn3c(CC(CN)=C(F)F)n[nH]c3=O)s2)cn1. The predicted molar refractivity (Wildman–Crippen MR) is 99.9 cm³/mol. The molecule has 0 atom stereocenters. The molecule has 0 radical (unpaired) electrons. The molecule has 0 bridgehead atoms. The summed E-state index contributed by atoms with van der Waals surface area (Å²) in [5, 5.41) is 10.5. The maximum absolute atomic E-state index is 12.9. The molecule has 7 nitrogen and oxygen atoms in total. The molecule has 0 unspecified atom stereocenters. The second-order valence-electron chi connectivity index (χ2n) is 6.34. The summed E-state index contributed by atoms with van der Waals surface area (Å²) < 4.78 is 29.0. The monoisotopic (exact) mass is 394 g/mol. The molecule has 3 heterocycles. The van der Waals surface area contributed by atoms with E-state index in [1.165, 1.54) is 15.9 Å². The fraction of sp³-hybridized carbons (Fsp3) is 0.353.